The third-order valence-electron chi connectivity index (χ3n) is 4.03. The minimum atomic E-state index is -0.0228. The first-order valence-electron chi connectivity index (χ1n) is 7.20. The second-order valence-electron chi connectivity index (χ2n) is 5.52. The molecule has 2 heteroatoms. The molecule has 1 saturated carbocycles. The van der Waals surface area contributed by atoms with Crippen LogP contribution in [0.15, 0.2) is 18.2 Å². The number of hydrogen-bond donors (Lipinski definition) is 1. The zero-order chi connectivity index (χ0) is 13.0. The molecule has 0 saturated heterocycles. The molecule has 0 amide bonds. The number of rotatable bonds is 6. The number of halogens is 1. The largest absolute Gasteiger partial charge is 0.310 e. The van der Waals surface area contributed by atoms with Crippen LogP contribution in [0.5, 0.6) is 0 Å². The van der Waals surface area contributed by atoms with Crippen LogP contribution >= 0.6 is 0 Å². The monoisotopic (exact) mass is 249 g/mol. The third kappa shape index (κ3) is 3.11. The van der Waals surface area contributed by atoms with Gasteiger partial charge in [0.15, 0.2) is 0 Å². The lowest BCUT2D eigenvalue weighted by atomic mass is 9.79. The van der Waals surface area contributed by atoms with Crippen LogP contribution in [0.1, 0.15) is 56.2 Å². The smallest absolute Gasteiger partial charge is 0.130 e. The minimum Gasteiger partial charge on any atom is -0.310 e. The van der Waals surface area contributed by atoms with E-state index in [4.69, 9.17) is 0 Å². The molecule has 18 heavy (non-hydrogen) atoms. The van der Waals surface area contributed by atoms with Crippen molar-refractivity contribution in [3.8, 4) is 0 Å². The van der Waals surface area contributed by atoms with Crippen LogP contribution in [-0.4, -0.2) is 6.54 Å². The van der Waals surface area contributed by atoms with Crippen LogP contribution in [0.25, 0.3) is 0 Å². The molecular formula is C16H24FN. The van der Waals surface area contributed by atoms with Crippen molar-refractivity contribution in [2.75, 3.05) is 6.54 Å². The van der Waals surface area contributed by atoms with Crippen LogP contribution in [0.4, 0.5) is 4.39 Å². The van der Waals surface area contributed by atoms with E-state index >= 15 is 0 Å². The normalized spacial score (nSPS) is 17.5. The molecule has 1 aliphatic carbocycles. The lowest BCUT2D eigenvalue weighted by Gasteiger charge is -2.30. The lowest BCUT2D eigenvalue weighted by Crippen LogP contribution is -2.27. The number of aryl methyl sites for hydroxylation is 1. The number of benzene rings is 1. The van der Waals surface area contributed by atoms with E-state index in [0.29, 0.717) is 0 Å². The average Bonchev–Trinajstić information content (AvgIpc) is 2.31. The fourth-order valence-corrected chi connectivity index (χ4v) is 2.64. The van der Waals surface area contributed by atoms with Crippen molar-refractivity contribution in [2.45, 2.75) is 52.0 Å². The van der Waals surface area contributed by atoms with Gasteiger partial charge in [-0.15, -0.1) is 0 Å². The Kier molecular flexibility index (Phi) is 4.76. The molecule has 1 aromatic carbocycles. The van der Waals surface area contributed by atoms with Crippen LogP contribution in [0.2, 0.25) is 0 Å². The Labute approximate surface area is 110 Å². The Morgan fingerprint density at radius 2 is 2.17 bits per heavy atom. The molecule has 1 fully saturated rings. The molecule has 0 bridgehead atoms. The van der Waals surface area contributed by atoms with Gasteiger partial charge in [0.25, 0.3) is 0 Å². The average molecular weight is 249 g/mol. The Bertz CT molecular complexity index is 385. The van der Waals surface area contributed by atoms with Crippen LogP contribution in [-0.2, 0) is 0 Å². The Balaban J connectivity index is 2.12. The Hall–Kier alpha value is -0.890. The molecule has 0 aliphatic heterocycles. The highest BCUT2D eigenvalue weighted by Gasteiger charge is 2.24. The summed E-state index contributed by atoms with van der Waals surface area (Å²) in [5.74, 6) is 0.768. The first-order chi connectivity index (χ1) is 8.72. The van der Waals surface area contributed by atoms with Gasteiger partial charge in [-0.05, 0) is 37.8 Å². The summed E-state index contributed by atoms with van der Waals surface area (Å²) >= 11 is 0. The van der Waals surface area contributed by atoms with Crippen molar-refractivity contribution in [1.29, 1.82) is 0 Å². The molecule has 2 rings (SSSR count). The standard InChI is InChI=1S/C16H24FN/c1-3-10-18-15(11-13-7-5-8-13)14-9-4-6-12(2)16(14)17/h4,6,9,13,15,18H,3,5,7-8,10-11H2,1-2H3. The molecule has 1 atom stereocenters. The van der Waals surface area contributed by atoms with Gasteiger partial charge in [-0.3, -0.25) is 0 Å². The maximum atomic E-state index is 14.2. The van der Waals surface area contributed by atoms with Gasteiger partial charge in [-0.25, -0.2) is 4.39 Å². The zero-order valence-corrected chi connectivity index (χ0v) is 11.5. The highest BCUT2D eigenvalue weighted by Crippen LogP contribution is 2.35. The number of nitrogens with one attached hydrogen (secondary N) is 1. The molecule has 1 nitrogen and oxygen atoms in total. The fourth-order valence-electron chi connectivity index (χ4n) is 2.64. The van der Waals surface area contributed by atoms with Gasteiger partial charge in [-0.1, -0.05) is 44.4 Å². The van der Waals surface area contributed by atoms with Gasteiger partial charge in [0.1, 0.15) is 5.82 Å². The summed E-state index contributed by atoms with van der Waals surface area (Å²) in [5.41, 5.74) is 1.61. The van der Waals surface area contributed by atoms with Crippen molar-refractivity contribution in [3.05, 3.63) is 35.1 Å². The topological polar surface area (TPSA) is 12.0 Å². The second kappa shape index (κ2) is 6.33. The van der Waals surface area contributed by atoms with Crippen LogP contribution in [0.3, 0.4) is 0 Å². The summed E-state index contributed by atoms with van der Waals surface area (Å²) in [5, 5.41) is 3.51. The van der Waals surface area contributed by atoms with Gasteiger partial charge in [0, 0.05) is 11.6 Å². The molecule has 1 aliphatic rings. The van der Waals surface area contributed by atoms with Gasteiger partial charge in [0.05, 0.1) is 0 Å². The summed E-state index contributed by atoms with van der Waals surface area (Å²) in [4.78, 5) is 0. The first kappa shape index (κ1) is 13.5. The van der Waals surface area contributed by atoms with E-state index in [1.54, 1.807) is 0 Å². The predicted octanol–water partition coefficient (Wildman–Crippen LogP) is 4.37. The van der Waals surface area contributed by atoms with Gasteiger partial charge >= 0.3 is 0 Å². The summed E-state index contributed by atoms with van der Waals surface area (Å²) in [6, 6.07) is 5.94. The molecule has 0 heterocycles. The van der Waals surface area contributed by atoms with E-state index < -0.39 is 0 Å². The fraction of sp³-hybridized carbons (Fsp3) is 0.625. The lowest BCUT2D eigenvalue weighted by molar-refractivity contribution is 0.259. The second-order valence-corrected chi connectivity index (χ2v) is 5.52. The molecule has 1 aromatic rings. The molecule has 0 aromatic heterocycles. The number of hydrogen-bond acceptors (Lipinski definition) is 1. The van der Waals surface area contributed by atoms with Gasteiger partial charge in [-0.2, -0.15) is 0 Å². The zero-order valence-electron chi connectivity index (χ0n) is 11.5. The quantitative estimate of drug-likeness (QED) is 0.789. The van der Waals surface area contributed by atoms with Gasteiger partial charge < -0.3 is 5.32 Å². The maximum absolute atomic E-state index is 14.2. The molecule has 0 radical (unpaired) electrons. The van der Waals surface area contributed by atoms with Crippen molar-refractivity contribution >= 4 is 0 Å². The van der Waals surface area contributed by atoms with E-state index in [0.717, 1.165) is 36.4 Å². The van der Waals surface area contributed by atoms with Crippen LogP contribution < -0.4 is 5.32 Å². The minimum absolute atomic E-state index is 0.0228. The van der Waals surface area contributed by atoms with Crippen LogP contribution in [0, 0.1) is 18.7 Å². The van der Waals surface area contributed by atoms with Crippen molar-refractivity contribution < 1.29 is 4.39 Å². The van der Waals surface area contributed by atoms with Crippen molar-refractivity contribution in [2.24, 2.45) is 5.92 Å². The third-order valence-corrected chi connectivity index (χ3v) is 4.03. The summed E-state index contributed by atoms with van der Waals surface area (Å²) < 4.78 is 14.2. The highest BCUT2D eigenvalue weighted by atomic mass is 19.1. The van der Waals surface area contributed by atoms with E-state index in [2.05, 4.69) is 12.2 Å². The van der Waals surface area contributed by atoms with Gasteiger partial charge in [0.2, 0.25) is 0 Å². The molecule has 1 unspecified atom stereocenters. The molecule has 1 N–H and O–H groups in total. The SMILES string of the molecule is CCCNC(CC1CCC1)c1cccc(C)c1F. The maximum Gasteiger partial charge on any atom is 0.130 e. The van der Waals surface area contributed by atoms with E-state index in [-0.39, 0.29) is 11.9 Å². The molecule has 0 spiro atoms. The Morgan fingerprint density at radius 3 is 2.78 bits per heavy atom. The summed E-state index contributed by atoms with van der Waals surface area (Å²) in [6.45, 7) is 4.96. The molecule has 100 valence electrons. The summed E-state index contributed by atoms with van der Waals surface area (Å²) in [6.07, 6.45) is 6.16. The van der Waals surface area contributed by atoms with Crippen molar-refractivity contribution in [1.82, 2.24) is 5.32 Å². The highest BCUT2D eigenvalue weighted by molar-refractivity contribution is 5.27. The Morgan fingerprint density at radius 1 is 1.39 bits per heavy atom. The van der Waals surface area contributed by atoms with E-state index in [1.807, 2.05) is 25.1 Å². The molecular weight excluding hydrogens is 225 g/mol. The van der Waals surface area contributed by atoms with E-state index in [9.17, 15) is 4.39 Å². The first-order valence-corrected chi connectivity index (χ1v) is 7.20. The summed E-state index contributed by atoms with van der Waals surface area (Å²) in [7, 11) is 0. The van der Waals surface area contributed by atoms with Crippen molar-refractivity contribution in [3.63, 3.8) is 0 Å². The van der Waals surface area contributed by atoms with E-state index in [1.165, 1.54) is 19.3 Å². The predicted molar refractivity (Wildman–Crippen MR) is 74.1 cm³/mol.